The van der Waals surface area contributed by atoms with E-state index in [1.165, 1.54) is 16.8 Å². The summed E-state index contributed by atoms with van der Waals surface area (Å²) in [4.78, 5) is 11.6. The Balaban J connectivity index is 3.04. The van der Waals surface area contributed by atoms with Gasteiger partial charge in [-0.1, -0.05) is 13.8 Å². The molecule has 0 radical (unpaired) electrons. The number of hydrogen-bond donors (Lipinski definition) is 0. The highest BCUT2D eigenvalue weighted by Gasteiger charge is 2.10. The van der Waals surface area contributed by atoms with Gasteiger partial charge < -0.3 is 4.57 Å². The molecule has 0 aliphatic rings. The van der Waals surface area contributed by atoms with E-state index in [-0.39, 0.29) is 17.4 Å². The molecule has 0 aromatic carbocycles. The molecule has 0 bridgehead atoms. The Bertz CT molecular complexity index is 395. The lowest BCUT2D eigenvalue weighted by atomic mass is 10.0. The van der Waals surface area contributed by atoms with Gasteiger partial charge in [-0.3, -0.25) is 4.79 Å². The number of pyridine rings is 1. The van der Waals surface area contributed by atoms with Crippen LogP contribution in [0.5, 0.6) is 0 Å². The van der Waals surface area contributed by atoms with Gasteiger partial charge in [0.05, 0.1) is 0 Å². The van der Waals surface area contributed by atoms with Crippen molar-refractivity contribution >= 4 is 0 Å². The third-order valence-corrected chi connectivity index (χ3v) is 2.51. The van der Waals surface area contributed by atoms with Crippen LogP contribution in [0.3, 0.4) is 0 Å². The van der Waals surface area contributed by atoms with E-state index in [1.54, 1.807) is 6.92 Å². The number of halogens is 1. The molecule has 2 nitrogen and oxygen atoms in total. The van der Waals surface area contributed by atoms with Crippen molar-refractivity contribution < 1.29 is 4.39 Å². The van der Waals surface area contributed by atoms with Gasteiger partial charge in [0.15, 0.2) is 0 Å². The Hall–Kier alpha value is -1.12. The number of aryl methyl sites for hydroxylation is 1. The molecule has 0 spiro atoms. The second-order valence-corrected chi connectivity index (χ2v) is 4.53. The molecule has 1 heterocycles. The summed E-state index contributed by atoms with van der Waals surface area (Å²) in [5, 5.41) is 0. The van der Waals surface area contributed by atoms with Gasteiger partial charge in [-0.05, 0) is 31.7 Å². The van der Waals surface area contributed by atoms with E-state index >= 15 is 0 Å². The quantitative estimate of drug-likeness (QED) is 0.753. The van der Waals surface area contributed by atoms with Crippen molar-refractivity contribution in [3.05, 3.63) is 34.0 Å². The molecule has 1 aromatic rings. The highest BCUT2D eigenvalue weighted by Crippen LogP contribution is 2.15. The van der Waals surface area contributed by atoms with E-state index < -0.39 is 0 Å². The predicted molar refractivity (Wildman–Crippen MR) is 59.6 cm³/mol. The summed E-state index contributed by atoms with van der Waals surface area (Å²) in [6.45, 7) is 7.72. The molecule has 3 heteroatoms. The third kappa shape index (κ3) is 2.91. The highest BCUT2D eigenvalue weighted by atomic mass is 19.1. The van der Waals surface area contributed by atoms with Crippen LogP contribution in [0.4, 0.5) is 4.39 Å². The van der Waals surface area contributed by atoms with Crippen LogP contribution in [-0.4, -0.2) is 4.57 Å². The van der Waals surface area contributed by atoms with Crippen molar-refractivity contribution in [1.82, 2.24) is 4.57 Å². The summed E-state index contributed by atoms with van der Waals surface area (Å²) in [5.74, 6) is 0.182. The maximum atomic E-state index is 13.3. The number of nitrogens with zero attached hydrogens (tertiary/aromatic N) is 1. The lowest BCUT2D eigenvalue weighted by Gasteiger charge is -2.17. The zero-order valence-corrected chi connectivity index (χ0v) is 9.75. The molecule has 0 fully saturated rings. The molecule has 1 aromatic heterocycles. The first kappa shape index (κ1) is 12.0. The number of rotatable bonds is 3. The first-order chi connectivity index (χ1) is 6.91. The van der Waals surface area contributed by atoms with Crippen LogP contribution in [0.1, 0.15) is 38.8 Å². The Morgan fingerprint density at radius 1 is 1.40 bits per heavy atom. The molecule has 0 saturated carbocycles. The molecule has 0 saturated heterocycles. The molecule has 0 aliphatic carbocycles. The second-order valence-electron chi connectivity index (χ2n) is 4.53. The monoisotopic (exact) mass is 211 g/mol. The van der Waals surface area contributed by atoms with Gasteiger partial charge in [0.25, 0.3) is 5.56 Å². The second kappa shape index (κ2) is 4.60. The third-order valence-electron chi connectivity index (χ3n) is 2.51. The van der Waals surface area contributed by atoms with Crippen molar-refractivity contribution in [2.45, 2.75) is 40.2 Å². The molecule has 0 aliphatic heterocycles. The van der Waals surface area contributed by atoms with Gasteiger partial charge in [0, 0.05) is 18.3 Å². The van der Waals surface area contributed by atoms with E-state index in [9.17, 15) is 9.18 Å². The molecule has 0 N–H and O–H groups in total. The van der Waals surface area contributed by atoms with Gasteiger partial charge in [0.2, 0.25) is 0 Å². The van der Waals surface area contributed by atoms with Crippen molar-refractivity contribution in [1.29, 1.82) is 0 Å². The molecule has 84 valence electrons. The maximum absolute atomic E-state index is 13.3. The van der Waals surface area contributed by atoms with E-state index in [0.717, 1.165) is 6.42 Å². The normalized spacial score (nSPS) is 13.2. The highest BCUT2D eigenvalue weighted by molar-refractivity contribution is 5.11. The van der Waals surface area contributed by atoms with Crippen molar-refractivity contribution in [3.63, 3.8) is 0 Å². The molecule has 0 amide bonds. The molecule has 15 heavy (non-hydrogen) atoms. The van der Waals surface area contributed by atoms with Crippen LogP contribution in [0, 0.1) is 18.7 Å². The van der Waals surface area contributed by atoms with Gasteiger partial charge >= 0.3 is 0 Å². The molecule has 1 rings (SSSR count). The van der Waals surface area contributed by atoms with Gasteiger partial charge in [-0.15, -0.1) is 0 Å². The smallest absolute Gasteiger partial charge is 0.251 e. The molecular formula is C12H18FNO. The first-order valence-corrected chi connectivity index (χ1v) is 5.30. The van der Waals surface area contributed by atoms with Crippen LogP contribution in [-0.2, 0) is 0 Å². The minimum absolute atomic E-state index is 0.0487. The molecule has 1 unspecified atom stereocenters. The Kier molecular flexibility index (Phi) is 3.66. The molecular weight excluding hydrogens is 193 g/mol. The largest absolute Gasteiger partial charge is 0.310 e. The summed E-state index contributed by atoms with van der Waals surface area (Å²) in [6.07, 6.45) is 2.19. The summed E-state index contributed by atoms with van der Waals surface area (Å²) in [6, 6.07) is 1.40. The van der Waals surface area contributed by atoms with Crippen molar-refractivity contribution in [2.75, 3.05) is 0 Å². The van der Waals surface area contributed by atoms with Crippen molar-refractivity contribution in [2.24, 2.45) is 5.92 Å². The van der Waals surface area contributed by atoms with Crippen LogP contribution < -0.4 is 5.56 Å². The standard InChI is InChI=1S/C12H18FNO/c1-8(2)5-10(4)14-7-11(13)9(3)6-12(14)15/h6-8,10H,5H2,1-4H3. The Morgan fingerprint density at radius 2 is 2.00 bits per heavy atom. The zero-order chi connectivity index (χ0) is 11.6. The zero-order valence-electron chi connectivity index (χ0n) is 9.75. The van der Waals surface area contributed by atoms with Crippen molar-refractivity contribution in [3.8, 4) is 0 Å². The topological polar surface area (TPSA) is 22.0 Å². The Labute approximate surface area is 89.7 Å². The SMILES string of the molecule is Cc1cc(=O)n(C(C)CC(C)C)cc1F. The first-order valence-electron chi connectivity index (χ1n) is 5.30. The van der Waals surface area contributed by atoms with E-state index in [1.807, 2.05) is 6.92 Å². The fraction of sp³-hybridized carbons (Fsp3) is 0.583. The Morgan fingerprint density at radius 3 is 2.53 bits per heavy atom. The fourth-order valence-corrected chi connectivity index (χ4v) is 1.76. The lowest BCUT2D eigenvalue weighted by Crippen LogP contribution is -2.24. The number of hydrogen-bond acceptors (Lipinski definition) is 1. The minimum Gasteiger partial charge on any atom is -0.310 e. The minimum atomic E-state index is -0.315. The van der Waals surface area contributed by atoms with Gasteiger partial charge in [-0.25, -0.2) is 4.39 Å². The van der Waals surface area contributed by atoms with Crippen LogP contribution in [0.25, 0.3) is 0 Å². The average molecular weight is 211 g/mol. The summed E-state index contributed by atoms with van der Waals surface area (Å²) in [5.41, 5.74) is 0.287. The van der Waals surface area contributed by atoms with Crippen LogP contribution in [0.2, 0.25) is 0 Å². The summed E-state index contributed by atoms with van der Waals surface area (Å²) >= 11 is 0. The maximum Gasteiger partial charge on any atom is 0.251 e. The average Bonchev–Trinajstić information content (AvgIpc) is 2.09. The van der Waals surface area contributed by atoms with Crippen LogP contribution in [0.15, 0.2) is 17.1 Å². The number of aromatic nitrogens is 1. The van der Waals surface area contributed by atoms with E-state index in [2.05, 4.69) is 13.8 Å². The fourth-order valence-electron chi connectivity index (χ4n) is 1.76. The summed E-state index contributed by atoms with van der Waals surface area (Å²) in [7, 11) is 0. The van der Waals surface area contributed by atoms with E-state index in [0.29, 0.717) is 11.5 Å². The van der Waals surface area contributed by atoms with E-state index in [4.69, 9.17) is 0 Å². The predicted octanol–water partition coefficient (Wildman–Crippen LogP) is 2.90. The summed E-state index contributed by atoms with van der Waals surface area (Å²) < 4.78 is 14.8. The van der Waals surface area contributed by atoms with Crippen LogP contribution >= 0.6 is 0 Å². The van der Waals surface area contributed by atoms with Gasteiger partial charge in [0.1, 0.15) is 5.82 Å². The molecule has 1 atom stereocenters. The lowest BCUT2D eigenvalue weighted by molar-refractivity contribution is 0.411. The van der Waals surface area contributed by atoms with Gasteiger partial charge in [-0.2, -0.15) is 0 Å².